The summed E-state index contributed by atoms with van der Waals surface area (Å²) in [6.07, 6.45) is 2.23. The highest BCUT2D eigenvalue weighted by molar-refractivity contribution is 5.95. The van der Waals surface area contributed by atoms with Crippen LogP contribution in [-0.2, 0) is 9.53 Å². The number of morpholine rings is 1. The molecular weight excluding hydrogens is 250 g/mol. The van der Waals surface area contributed by atoms with Crippen LogP contribution in [0.4, 0.5) is 0 Å². The highest BCUT2D eigenvalue weighted by atomic mass is 16.5. The number of hydrogen-bond donors (Lipinski definition) is 2. The second kappa shape index (κ2) is 4.65. The molecule has 2 aliphatic rings. The first kappa shape index (κ1) is 12.2. The molecule has 102 valence electrons. The molecule has 1 saturated carbocycles. The number of aliphatic carboxylic acids is 1. The third kappa shape index (κ3) is 2.33. The van der Waals surface area contributed by atoms with Crippen molar-refractivity contribution in [3.05, 3.63) is 17.5 Å². The third-order valence-electron chi connectivity index (χ3n) is 3.51. The highest BCUT2D eigenvalue weighted by Crippen LogP contribution is 2.39. The minimum atomic E-state index is -1.05. The summed E-state index contributed by atoms with van der Waals surface area (Å²) in [5.41, 5.74) is 1.25. The third-order valence-corrected chi connectivity index (χ3v) is 3.51. The molecule has 19 heavy (non-hydrogen) atoms. The van der Waals surface area contributed by atoms with Gasteiger partial charge in [-0.25, -0.2) is 4.79 Å². The van der Waals surface area contributed by atoms with Crippen molar-refractivity contribution < 1.29 is 19.4 Å². The lowest BCUT2D eigenvalue weighted by Crippen LogP contribution is -2.52. The van der Waals surface area contributed by atoms with Gasteiger partial charge in [0.05, 0.1) is 13.2 Å². The number of nitrogens with one attached hydrogen (secondary N) is 1. The number of rotatable bonds is 3. The summed E-state index contributed by atoms with van der Waals surface area (Å²) in [5.74, 6) is -0.918. The molecule has 1 aliphatic carbocycles. The van der Waals surface area contributed by atoms with E-state index in [9.17, 15) is 9.59 Å². The Bertz CT molecular complexity index is 509. The maximum absolute atomic E-state index is 12.3. The Hall–Kier alpha value is -1.89. The minimum Gasteiger partial charge on any atom is -0.480 e. The second-order valence-corrected chi connectivity index (χ2v) is 4.91. The van der Waals surface area contributed by atoms with Crippen LogP contribution in [0.2, 0.25) is 0 Å². The van der Waals surface area contributed by atoms with Gasteiger partial charge in [0.1, 0.15) is 5.69 Å². The van der Waals surface area contributed by atoms with Gasteiger partial charge >= 0.3 is 5.97 Å². The first-order valence-electron chi connectivity index (χ1n) is 6.33. The molecule has 1 saturated heterocycles. The molecule has 0 aromatic carbocycles. The van der Waals surface area contributed by atoms with E-state index in [0.717, 1.165) is 18.5 Å². The SMILES string of the molecule is O=C(O)C1COCCN1C(=O)c1cc(C2CC2)[nH]n1. The Labute approximate surface area is 109 Å². The molecule has 0 radical (unpaired) electrons. The van der Waals surface area contributed by atoms with E-state index in [2.05, 4.69) is 10.2 Å². The molecule has 1 aliphatic heterocycles. The molecule has 2 fully saturated rings. The largest absolute Gasteiger partial charge is 0.480 e. The fourth-order valence-electron chi connectivity index (χ4n) is 2.25. The van der Waals surface area contributed by atoms with Crippen molar-refractivity contribution in [3.8, 4) is 0 Å². The number of carboxylic acids is 1. The van der Waals surface area contributed by atoms with Crippen molar-refractivity contribution >= 4 is 11.9 Å². The van der Waals surface area contributed by atoms with Crippen LogP contribution < -0.4 is 0 Å². The van der Waals surface area contributed by atoms with Crippen molar-refractivity contribution in [3.63, 3.8) is 0 Å². The summed E-state index contributed by atoms with van der Waals surface area (Å²) in [7, 11) is 0. The number of aromatic amines is 1. The number of carbonyl (C=O) groups is 2. The molecule has 1 aromatic rings. The molecule has 0 spiro atoms. The number of aromatic nitrogens is 2. The van der Waals surface area contributed by atoms with Crippen LogP contribution in [0.5, 0.6) is 0 Å². The number of amides is 1. The first-order valence-corrected chi connectivity index (χ1v) is 6.33. The smallest absolute Gasteiger partial charge is 0.328 e. The molecule has 2 heterocycles. The Kier molecular flexibility index (Phi) is 2.98. The molecule has 3 rings (SSSR count). The van der Waals surface area contributed by atoms with E-state index in [1.54, 1.807) is 6.07 Å². The maximum Gasteiger partial charge on any atom is 0.328 e. The van der Waals surface area contributed by atoms with E-state index in [4.69, 9.17) is 9.84 Å². The van der Waals surface area contributed by atoms with Crippen molar-refractivity contribution in [1.29, 1.82) is 0 Å². The summed E-state index contributed by atoms with van der Waals surface area (Å²) in [5, 5.41) is 16.0. The fourth-order valence-corrected chi connectivity index (χ4v) is 2.25. The second-order valence-electron chi connectivity index (χ2n) is 4.91. The number of nitrogens with zero attached hydrogens (tertiary/aromatic N) is 2. The van der Waals surface area contributed by atoms with E-state index in [1.807, 2.05) is 0 Å². The maximum atomic E-state index is 12.3. The number of carboxylic acid groups (broad SMARTS) is 1. The summed E-state index contributed by atoms with van der Waals surface area (Å²) < 4.78 is 5.11. The standard InChI is InChI=1S/C12H15N3O4/c16-11(9-5-8(13-14-9)7-1-2-7)15-3-4-19-6-10(15)12(17)18/h5,7,10H,1-4,6H2,(H,13,14)(H,17,18). The van der Waals surface area contributed by atoms with Gasteiger partial charge in [0.15, 0.2) is 6.04 Å². The molecule has 0 bridgehead atoms. The van der Waals surface area contributed by atoms with Crippen molar-refractivity contribution in [2.45, 2.75) is 24.8 Å². The van der Waals surface area contributed by atoms with Crippen LogP contribution in [0.15, 0.2) is 6.07 Å². The average molecular weight is 265 g/mol. The summed E-state index contributed by atoms with van der Waals surface area (Å²) in [6, 6.07) is 0.802. The summed E-state index contributed by atoms with van der Waals surface area (Å²) in [6.45, 7) is 0.665. The highest BCUT2D eigenvalue weighted by Gasteiger charge is 2.35. The van der Waals surface area contributed by atoms with Crippen molar-refractivity contribution in [2.24, 2.45) is 0 Å². The van der Waals surface area contributed by atoms with Crippen molar-refractivity contribution in [2.75, 3.05) is 19.8 Å². The Morgan fingerprint density at radius 1 is 1.47 bits per heavy atom. The van der Waals surface area contributed by atoms with Gasteiger partial charge in [-0.2, -0.15) is 5.10 Å². The lowest BCUT2D eigenvalue weighted by Gasteiger charge is -2.32. The topological polar surface area (TPSA) is 95.5 Å². The van der Waals surface area contributed by atoms with Crippen LogP contribution in [0.25, 0.3) is 0 Å². The van der Waals surface area contributed by atoms with Crippen LogP contribution in [0, 0.1) is 0 Å². The van der Waals surface area contributed by atoms with Gasteiger partial charge in [0.2, 0.25) is 0 Å². The normalized spacial score (nSPS) is 23.4. The average Bonchev–Trinajstić information content (AvgIpc) is 3.16. The molecule has 7 nitrogen and oxygen atoms in total. The van der Waals surface area contributed by atoms with Crippen LogP contribution in [0.1, 0.15) is 34.9 Å². The molecule has 7 heteroatoms. The molecule has 1 atom stereocenters. The molecule has 2 N–H and O–H groups in total. The van der Waals surface area contributed by atoms with Gasteiger partial charge in [-0.3, -0.25) is 9.89 Å². The summed E-state index contributed by atoms with van der Waals surface area (Å²) in [4.78, 5) is 24.7. The number of H-pyrrole nitrogens is 1. The Morgan fingerprint density at radius 2 is 2.26 bits per heavy atom. The van der Waals surface area contributed by atoms with Crippen LogP contribution in [0.3, 0.4) is 0 Å². The zero-order chi connectivity index (χ0) is 13.4. The van der Waals surface area contributed by atoms with Gasteiger partial charge < -0.3 is 14.7 Å². The minimum absolute atomic E-state index is 0.0287. The first-order chi connectivity index (χ1) is 9.16. The number of ether oxygens (including phenoxy) is 1. The summed E-state index contributed by atoms with van der Waals surface area (Å²) >= 11 is 0. The van der Waals surface area contributed by atoms with E-state index in [1.165, 1.54) is 4.90 Å². The van der Waals surface area contributed by atoms with E-state index in [-0.39, 0.29) is 24.8 Å². The zero-order valence-corrected chi connectivity index (χ0v) is 10.3. The van der Waals surface area contributed by atoms with E-state index in [0.29, 0.717) is 12.5 Å². The Morgan fingerprint density at radius 3 is 2.95 bits per heavy atom. The fraction of sp³-hybridized carbons (Fsp3) is 0.583. The van der Waals surface area contributed by atoms with Gasteiger partial charge in [0.25, 0.3) is 5.91 Å². The monoisotopic (exact) mass is 265 g/mol. The van der Waals surface area contributed by atoms with Gasteiger partial charge in [-0.1, -0.05) is 0 Å². The number of carbonyl (C=O) groups excluding carboxylic acids is 1. The number of hydrogen-bond acceptors (Lipinski definition) is 4. The predicted molar refractivity (Wildman–Crippen MR) is 63.8 cm³/mol. The molecule has 1 aromatic heterocycles. The molecule has 1 amide bonds. The lowest BCUT2D eigenvalue weighted by atomic mass is 10.2. The van der Waals surface area contributed by atoms with Gasteiger partial charge in [-0.05, 0) is 18.9 Å². The van der Waals surface area contributed by atoms with Crippen LogP contribution >= 0.6 is 0 Å². The predicted octanol–water partition coefficient (Wildman–Crippen LogP) is 0.213. The van der Waals surface area contributed by atoms with E-state index < -0.39 is 12.0 Å². The van der Waals surface area contributed by atoms with Crippen molar-refractivity contribution in [1.82, 2.24) is 15.1 Å². The van der Waals surface area contributed by atoms with Gasteiger partial charge in [-0.15, -0.1) is 0 Å². The Balaban J connectivity index is 1.78. The molecular formula is C12H15N3O4. The van der Waals surface area contributed by atoms with E-state index >= 15 is 0 Å². The lowest BCUT2D eigenvalue weighted by molar-refractivity contribution is -0.147. The molecule has 1 unspecified atom stereocenters. The zero-order valence-electron chi connectivity index (χ0n) is 10.3. The van der Waals surface area contributed by atoms with Gasteiger partial charge in [0, 0.05) is 18.2 Å². The quantitative estimate of drug-likeness (QED) is 0.814. The van der Waals surface area contributed by atoms with Crippen LogP contribution in [-0.4, -0.2) is 57.9 Å².